The summed E-state index contributed by atoms with van der Waals surface area (Å²) in [6.45, 7) is 1.89. The van der Waals surface area contributed by atoms with Crippen molar-refractivity contribution in [2.45, 2.75) is 6.92 Å². The van der Waals surface area contributed by atoms with Gasteiger partial charge in [-0.05, 0) is 61.1 Å². The molecule has 1 fully saturated rings. The summed E-state index contributed by atoms with van der Waals surface area (Å²) in [7, 11) is 1.26. The van der Waals surface area contributed by atoms with Crippen LogP contribution >= 0.6 is 47.2 Å². The second-order valence-corrected chi connectivity index (χ2v) is 9.21. The highest BCUT2D eigenvalue weighted by Crippen LogP contribution is 2.34. The predicted octanol–water partition coefficient (Wildman–Crippen LogP) is 4.88. The molecule has 0 atom stereocenters. The lowest BCUT2D eigenvalue weighted by Gasteiger charge is -2.16. The molecule has 0 bridgehead atoms. The van der Waals surface area contributed by atoms with Crippen LogP contribution in [0.2, 0.25) is 10.0 Å². The van der Waals surface area contributed by atoms with Crippen LogP contribution in [-0.4, -0.2) is 47.6 Å². The lowest BCUT2D eigenvalue weighted by atomic mass is 10.2. The van der Waals surface area contributed by atoms with Crippen LogP contribution in [0.5, 0.6) is 11.5 Å². The quantitative estimate of drug-likeness (QED) is 0.269. The highest BCUT2D eigenvalue weighted by Gasteiger charge is 2.33. The first kappa shape index (κ1) is 26.6. The number of nitrogens with zero attached hydrogens (tertiary/aromatic N) is 1. The van der Waals surface area contributed by atoms with Gasteiger partial charge >= 0.3 is 12.0 Å². The molecular formula is C22H19Cl2N3O6S2. The molecule has 9 nitrogen and oxygen atoms in total. The Labute approximate surface area is 220 Å². The van der Waals surface area contributed by atoms with Gasteiger partial charge < -0.3 is 19.5 Å². The molecule has 2 aromatic carbocycles. The third kappa shape index (κ3) is 7.01. The van der Waals surface area contributed by atoms with Gasteiger partial charge in [0, 0.05) is 5.69 Å². The number of ether oxygens (including phenoxy) is 3. The Balaban J connectivity index is 1.71. The Morgan fingerprint density at radius 2 is 1.89 bits per heavy atom. The number of hydrazine groups is 1. The summed E-state index contributed by atoms with van der Waals surface area (Å²) in [6.07, 6.45) is 1.60. The Morgan fingerprint density at radius 3 is 2.57 bits per heavy atom. The van der Waals surface area contributed by atoms with Crippen molar-refractivity contribution < 1.29 is 28.6 Å². The molecule has 3 rings (SSSR count). The van der Waals surface area contributed by atoms with Gasteiger partial charge in [0.25, 0.3) is 5.91 Å². The fourth-order valence-corrected chi connectivity index (χ4v) is 4.23. The number of amides is 3. The number of hydrogen-bond acceptors (Lipinski definition) is 8. The largest absolute Gasteiger partial charge is 0.490 e. The molecule has 2 N–H and O–H groups in total. The average Bonchev–Trinajstić information content (AvgIpc) is 3.08. The van der Waals surface area contributed by atoms with E-state index in [4.69, 9.17) is 44.9 Å². The molecule has 13 heteroatoms. The lowest BCUT2D eigenvalue weighted by Crippen LogP contribution is -2.46. The van der Waals surface area contributed by atoms with Crippen molar-refractivity contribution in [2.24, 2.45) is 0 Å². The summed E-state index contributed by atoms with van der Waals surface area (Å²) < 4.78 is 15.7. The molecule has 184 valence electrons. The van der Waals surface area contributed by atoms with E-state index in [0.29, 0.717) is 34.4 Å². The average molecular weight is 556 g/mol. The fourth-order valence-electron chi connectivity index (χ4n) is 2.75. The molecule has 0 aromatic heterocycles. The highest BCUT2D eigenvalue weighted by molar-refractivity contribution is 8.26. The summed E-state index contributed by atoms with van der Waals surface area (Å²) in [5, 5.41) is 4.14. The predicted molar refractivity (Wildman–Crippen MR) is 139 cm³/mol. The van der Waals surface area contributed by atoms with Crippen molar-refractivity contribution in [3.8, 4) is 11.5 Å². The van der Waals surface area contributed by atoms with Gasteiger partial charge in [0.15, 0.2) is 22.4 Å². The maximum absolute atomic E-state index is 12.9. The number of esters is 1. The van der Waals surface area contributed by atoms with Crippen molar-refractivity contribution >= 4 is 81.2 Å². The molecule has 1 aliphatic heterocycles. The van der Waals surface area contributed by atoms with Crippen LogP contribution in [-0.2, 0) is 14.3 Å². The number of anilines is 1. The number of urea groups is 1. The number of nitrogens with one attached hydrogen (secondary N) is 2. The molecule has 0 aliphatic carbocycles. The van der Waals surface area contributed by atoms with E-state index in [2.05, 4.69) is 15.5 Å². The topological polar surface area (TPSA) is 106 Å². The maximum atomic E-state index is 12.9. The minimum Gasteiger partial charge on any atom is -0.490 e. The molecule has 0 spiro atoms. The second kappa shape index (κ2) is 12.1. The van der Waals surface area contributed by atoms with E-state index in [0.717, 1.165) is 16.8 Å². The van der Waals surface area contributed by atoms with Crippen molar-refractivity contribution in [2.75, 3.05) is 25.6 Å². The molecule has 1 heterocycles. The standard InChI is InChI=1S/C22H19Cl2N3O6S2/c1-3-32-17-8-12(4-7-16(17)33-11-19(28)31-2)9-18-20(29)27(22(34)35-18)26-21(30)25-13-5-6-14(23)15(24)10-13/h4-10H,3,11H2,1-2H3,(H2,25,26,30). The number of thioether (sulfide) groups is 1. The van der Waals surface area contributed by atoms with E-state index >= 15 is 0 Å². The lowest BCUT2D eigenvalue weighted by molar-refractivity contribution is -0.142. The third-order valence-electron chi connectivity index (χ3n) is 4.32. The van der Waals surface area contributed by atoms with E-state index in [1.165, 1.54) is 19.2 Å². The van der Waals surface area contributed by atoms with Gasteiger partial charge in [-0.25, -0.2) is 15.0 Å². The van der Waals surface area contributed by atoms with Gasteiger partial charge in [-0.1, -0.05) is 41.0 Å². The van der Waals surface area contributed by atoms with Gasteiger partial charge in [-0.3, -0.25) is 4.79 Å². The van der Waals surface area contributed by atoms with E-state index in [9.17, 15) is 14.4 Å². The number of rotatable bonds is 8. The summed E-state index contributed by atoms with van der Waals surface area (Å²) >= 11 is 18.1. The first-order valence-electron chi connectivity index (χ1n) is 9.99. The smallest absolute Gasteiger partial charge is 0.343 e. The Kier molecular flexibility index (Phi) is 9.21. The Bertz CT molecular complexity index is 1210. The van der Waals surface area contributed by atoms with Crippen LogP contribution in [0.25, 0.3) is 6.08 Å². The Hall–Kier alpha value is -2.99. The summed E-state index contributed by atoms with van der Waals surface area (Å²) in [6, 6.07) is 8.84. The van der Waals surface area contributed by atoms with Gasteiger partial charge in [0.1, 0.15) is 0 Å². The van der Waals surface area contributed by atoms with Gasteiger partial charge in [0.05, 0.1) is 28.7 Å². The number of hydrogen-bond donors (Lipinski definition) is 2. The zero-order valence-electron chi connectivity index (χ0n) is 18.4. The molecule has 0 radical (unpaired) electrons. The summed E-state index contributed by atoms with van der Waals surface area (Å²) in [5.74, 6) is -0.300. The number of benzene rings is 2. The molecule has 35 heavy (non-hydrogen) atoms. The molecule has 0 saturated carbocycles. The third-order valence-corrected chi connectivity index (χ3v) is 6.36. The molecule has 1 aliphatic rings. The Morgan fingerprint density at radius 1 is 1.11 bits per heavy atom. The van der Waals surface area contributed by atoms with Gasteiger partial charge in [-0.2, -0.15) is 5.01 Å². The molecule has 3 amide bonds. The molecule has 0 unspecified atom stereocenters. The zero-order valence-corrected chi connectivity index (χ0v) is 21.6. The normalized spacial score (nSPS) is 14.2. The number of carbonyl (C=O) groups excluding carboxylic acids is 3. The van der Waals surface area contributed by atoms with Crippen LogP contribution in [0.15, 0.2) is 41.3 Å². The van der Waals surface area contributed by atoms with E-state index < -0.39 is 17.9 Å². The number of carbonyl (C=O) groups is 3. The van der Waals surface area contributed by atoms with Crippen molar-refractivity contribution in [1.82, 2.24) is 10.4 Å². The molecule has 1 saturated heterocycles. The van der Waals surface area contributed by atoms with Gasteiger partial charge in [-0.15, -0.1) is 0 Å². The van der Waals surface area contributed by atoms with E-state index in [1.54, 1.807) is 37.3 Å². The number of methoxy groups -OCH3 is 1. The van der Waals surface area contributed by atoms with Crippen LogP contribution in [0.4, 0.5) is 10.5 Å². The number of halogens is 2. The summed E-state index contributed by atoms with van der Waals surface area (Å²) in [4.78, 5) is 36.9. The molecule has 2 aromatic rings. The number of thiocarbonyl (C=S) groups is 1. The first-order chi connectivity index (χ1) is 16.7. The minimum atomic E-state index is -0.688. The minimum absolute atomic E-state index is 0.147. The van der Waals surface area contributed by atoms with Gasteiger partial charge in [0.2, 0.25) is 0 Å². The second-order valence-electron chi connectivity index (χ2n) is 6.72. The van der Waals surface area contributed by atoms with Crippen molar-refractivity contribution in [1.29, 1.82) is 0 Å². The van der Waals surface area contributed by atoms with E-state index in [1.807, 2.05) is 0 Å². The summed E-state index contributed by atoms with van der Waals surface area (Å²) in [5.41, 5.74) is 3.43. The van der Waals surface area contributed by atoms with Crippen LogP contribution < -0.4 is 20.2 Å². The van der Waals surface area contributed by atoms with Crippen LogP contribution in [0.3, 0.4) is 0 Å². The zero-order chi connectivity index (χ0) is 25.5. The monoisotopic (exact) mass is 555 g/mol. The highest BCUT2D eigenvalue weighted by atomic mass is 35.5. The fraction of sp³-hybridized carbons (Fsp3) is 0.182. The van der Waals surface area contributed by atoms with Crippen molar-refractivity contribution in [3.63, 3.8) is 0 Å². The van der Waals surface area contributed by atoms with E-state index in [-0.39, 0.29) is 20.9 Å². The van der Waals surface area contributed by atoms with Crippen molar-refractivity contribution in [3.05, 3.63) is 56.9 Å². The first-order valence-corrected chi connectivity index (χ1v) is 12.0. The SMILES string of the molecule is CCOc1cc(C=C2SC(=S)N(NC(=O)Nc3ccc(Cl)c(Cl)c3)C2=O)ccc1OCC(=O)OC. The maximum Gasteiger partial charge on any atom is 0.343 e. The van der Waals surface area contributed by atoms with Crippen LogP contribution in [0.1, 0.15) is 12.5 Å². The van der Waals surface area contributed by atoms with Crippen LogP contribution in [0, 0.1) is 0 Å². The molecular weight excluding hydrogens is 537 g/mol.